The summed E-state index contributed by atoms with van der Waals surface area (Å²) in [6.45, 7) is 1.53. The molecule has 3 nitrogen and oxygen atoms in total. The van der Waals surface area contributed by atoms with Crippen LogP contribution in [0.25, 0.3) is 0 Å². The van der Waals surface area contributed by atoms with Crippen molar-refractivity contribution in [2.45, 2.75) is 25.7 Å². The summed E-state index contributed by atoms with van der Waals surface area (Å²) in [5.41, 5.74) is 10.6. The minimum atomic E-state index is 0.680. The fraction of sp³-hybridized carbons (Fsp3) is 0.368. The molecule has 0 unspecified atom stereocenters. The highest BCUT2D eigenvalue weighted by Gasteiger charge is 2.10. The Morgan fingerprint density at radius 3 is 2.50 bits per heavy atom. The zero-order valence-corrected chi connectivity index (χ0v) is 13.2. The van der Waals surface area contributed by atoms with Crippen molar-refractivity contribution in [1.82, 2.24) is 0 Å². The van der Waals surface area contributed by atoms with Crippen molar-refractivity contribution < 1.29 is 4.74 Å². The molecule has 0 saturated carbocycles. The van der Waals surface area contributed by atoms with Gasteiger partial charge in [0, 0.05) is 18.4 Å². The van der Waals surface area contributed by atoms with Crippen LogP contribution < -0.4 is 15.4 Å². The van der Waals surface area contributed by atoms with E-state index in [2.05, 4.69) is 30.1 Å². The molecule has 2 N–H and O–H groups in total. The van der Waals surface area contributed by atoms with Crippen molar-refractivity contribution in [1.29, 1.82) is 0 Å². The Morgan fingerprint density at radius 2 is 1.73 bits per heavy atom. The van der Waals surface area contributed by atoms with Crippen LogP contribution in [0.15, 0.2) is 42.5 Å². The Hall–Kier alpha value is -2.16. The highest BCUT2D eigenvalue weighted by Crippen LogP contribution is 2.25. The summed E-state index contributed by atoms with van der Waals surface area (Å²) < 4.78 is 5.92. The third-order valence-corrected chi connectivity index (χ3v) is 4.35. The summed E-state index contributed by atoms with van der Waals surface area (Å²) in [6.07, 6.45) is 5.03. The highest BCUT2D eigenvalue weighted by atomic mass is 16.5. The Labute approximate surface area is 132 Å². The number of aryl methyl sites for hydroxylation is 2. The van der Waals surface area contributed by atoms with Gasteiger partial charge in [0.25, 0.3) is 0 Å². The summed E-state index contributed by atoms with van der Waals surface area (Å²) in [4.78, 5) is 2.18. The first kappa shape index (κ1) is 14.8. The van der Waals surface area contributed by atoms with Crippen LogP contribution in [0.5, 0.6) is 5.75 Å². The summed E-state index contributed by atoms with van der Waals surface area (Å²) in [7, 11) is 2.07. The number of nitrogen functional groups attached to an aromatic ring is 1. The maximum absolute atomic E-state index is 5.92. The number of likely N-dealkylation sites (N-methyl/N-ethyl adjacent to an activating group) is 1. The van der Waals surface area contributed by atoms with Crippen molar-refractivity contribution in [2.24, 2.45) is 0 Å². The molecular weight excluding hydrogens is 272 g/mol. The van der Waals surface area contributed by atoms with Crippen molar-refractivity contribution >= 4 is 11.4 Å². The first-order valence-corrected chi connectivity index (χ1v) is 8.04. The molecule has 2 aromatic carbocycles. The molecule has 0 spiro atoms. The van der Waals surface area contributed by atoms with E-state index in [0.29, 0.717) is 6.61 Å². The van der Waals surface area contributed by atoms with Gasteiger partial charge < -0.3 is 15.4 Å². The minimum absolute atomic E-state index is 0.680. The summed E-state index contributed by atoms with van der Waals surface area (Å²) in [5.74, 6) is 0.992. The van der Waals surface area contributed by atoms with Gasteiger partial charge in [0.1, 0.15) is 12.4 Å². The molecule has 0 aliphatic heterocycles. The lowest BCUT2D eigenvalue weighted by atomic mass is 9.92. The molecule has 116 valence electrons. The molecule has 3 heteroatoms. The quantitative estimate of drug-likeness (QED) is 0.856. The number of hydrogen-bond donors (Lipinski definition) is 1. The summed E-state index contributed by atoms with van der Waals surface area (Å²) in [6, 6.07) is 14.5. The Kier molecular flexibility index (Phi) is 4.52. The van der Waals surface area contributed by atoms with Crippen LogP contribution in [-0.2, 0) is 12.8 Å². The Morgan fingerprint density at radius 1 is 1.00 bits per heavy atom. The molecule has 0 bridgehead atoms. The number of benzene rings is 2. The molecule has 0 saturated heterocycles. The van der Waals surface area contributed by atoms with Crippen LogP contribution in [0.1, 0.15) is 24.0 Å². The lowest BCUT2D eigenvalue weighted by Crippen LogP contribution is -2.23. The fourth-order valence-electron chi connectivity index (χ4n) is 2.96. The maximum atomic E-state index is 5.92. The molecule has 1 aliphatic carbocycles. The van der Waals surface area contributed by atoms with E-state index in [-0.39, 0.29) is 0 Å². The molecular formula is C19H24N2O. The molecule has 0 atom stereocenters. The minimum Gasteiger partial charge on any atom is -0.492 e. The summed E-state index contributed by atoms with van der Waals surface area (Å²) in [5, 5.41) is 0. The molecule has 0 fully saturated rings. The van der Waals surface area contributed by atoms with E-state index >= 15 is 0 Å². The van der Waals surface area contributed by atoms with E-state index in [1.165, 1.54) is 36.8 Å². The van der Waals surface area contributed by atoms with Gasteiger partial charge in [-0.1, -0.05) is 6.07 Å². The van der Waals surface area contributed by atoms with Gasteiger partial charge in [-0.25, -0.2) is 0 Å². The average Bonchev–Trinajstić information content (AvgIpc) is 2.55. The third kappa shape index (κ3) is 3.53. The molecule has 1 aliphatic rings. The fourth-order valence-corrected chi connectivity index (χ4v) is 2.96. The van der Waals surface area contributed by atoms with Gasteiger partial charge >= 0.3 is 0 Å². The normalized spacial score (nSPS) is 13.5. The number of rotatable bonds is 5. The van der Waals surface area contributed by atoms with Crippen molar-refractivity contribution in [3.8, 4) is 5.75 Å². The van der Waals surface area contributed by atoms with Gasteiger partial charge in [0.2, 0.25) is 0 Å². The molecule has 0 radical (unpaired) electrons. The molecule has 0 heterocycles. The third-order valence-electron chi connectivity index (χ3n) is 4.35. The predicted molar refractivity (Wildman–Crippen MR) is 92.7 cm³/mol. The van der Waals surface area contributed by atoms with E-state index in [9.17, 15) is 0 Å². The SMILES string of the molecule is CN(CCOc1ccc2c(c1)CCCC2)c1ccc(N)cc1. The number of nitrogens with zero attached hydrogens (tertiary/aromatic N) is 1. The van der Waals surface area contributed by atoms with E-state index in [4.69, 9.17) is 10.5 Å². The topological polar surface area (TPSA) is 38.5 Å². The predicted octanol–water partition coefficient (Wildman–Crippen LogP) is 3.66. The number of hydrogen-bond acceptors (Lipinski definition) is 3. The number of fused-ring (bicyclic) bond motifs is 1. The summed E-state index contributed by atoms with van der Waals surface area (Å²) >= 11 is 0. The van der Waals surface area contributed by atoms with Crippen LogP contribution >= 0.6 is 0 Å². The Balaban J connectivity index is 1.53. The molecule has 3 rings (SSSR count). The second-order valence-corrected chi connectivity index (χ2v) is 6.00. The molecule has 22 heavy (non-hydrogen) atoms. The smallest absolute Gasteiger partial charge is 0.119 e. The first-order chi connectivity index (χ1) is 10.7. The van der Waals surface area contributed by atoms with Crippen molar-refractivity contribution in [2.75, 3.05) is 30.8 Å². The van der Waals surface area contributed by atoms with Crippen LogP contribution in [0.3, 0.4) is 0 Å². The van der Waals surface area contributed by atoms with Gasteiger partial charge in [-0.3, -0.25) is 0 Å². The lowest BCUT2D eigenvalue weighted by molar-refractivity contribution is 0.325. The van der Waals surface area contributed by atoms with E-state index in [1.54, 1.807) is 0 Å². The van der Waals surface area contributed by atoms with Crippen LogP contribution in [0.4, 0.5) is 11.4 Å². The molecule has 0 aromatic heterocycles. The Bertz CT molecular complexity index is 622. The van der Waals surface area contributed by atoms with Gasteiger partial charge in [-0.15, -0.1) is 0 Å². The van der Waals surface area contributed by atoms with E-state index in [1.807, 2.05) is 24.3 Å². The average molecular weight is 296 g/mol. The molecule has 0 amide bonds. The zero-order valence-electron chi connectivity index (χ0n) is 13.2. The standard InChI is InChI=1S/C19H24N2O/c1-21(18-9-7-17(20)8-10-18)12-13-22-19-11-6-15-4-2-3-5-16(15)14-19/h6-11,14H,2-5,12-13,20H2,1H3. The van der Waals surface area contributed by atoms with Gasteiger partial charge in [-0.2, -0.15) is 0 Å². The maximum Gasteiger partial charge on any atom is 0.119 e. The van der Waals surface area contributed by atoms with Gasteiger partial charge in [-0.05, 0) is 73.2 Å². The second kappa shape index (κ2) is 6.73. The highest BCUT2D eigenvalue weighted by molar-refractivity contribution is 5.52. The largest absolute Gasteiger partial charge is 0.492 e. The lowest BCUT2D eigenvalue weighted by Gasteiger charge is -2.20. The first-order valence-electron chi connectivity index (χ1n) is 8.04. The number of nitrogens with two attached hydrogens (primary N) is 1. The monoisotopic (exact) mass is 296 g/mol. The van der Waals surface area contributed by atoms with Crippen LogP contribution in [0.2, 0.25) is 0 Å². The van der Waals surface area contributed by atoms with Gasteiger partial charge in [0.05, 0.1) is 6.54 Å². The number of ether oxygens (including phenoxy) is 1. The van der Waals surface area contributed by atoms with E-state index in [0.717, 1.165) is 23.7 Å². The molecule has 2 aromatic rings. The van der Waals surface area contributed by atoms with Crippen molar-refractivity contribution in [3.05, 3.63) is 53.6 Å². The van der Waals surface area contributed by atoms with E-state index < -0.39 is 0 Å². The number of anilines is 2. The van der Waals surface area contributed by atoms with Crippen molar-refractivity contribution in [3.63, 3.8) is 0 Å². The van der Waals surface area contributed by atoms with Crippen LogP contribution in [0, 0.1) is 0 Å². The zero-order chi connectivity index (χ0) is 15.4. The van der Waals surface area contributed by atoms with Gasteiger partial charge in [0.15, 0.2) is 0 Å². The second-order valence-electron chi connectivity index (χ2n) is 6.00. The van der Waals surface area contributed by atoms with Crippen LogP contribution in [-0.4, -0.2) is 20.2 Å².